The summed E-state index contributed by atoms with van der Waals surface area (Å²) in [5.41, 5.74) is 0.214. The van der Waals surface area contributed by atoms with Crippen molar-refractivity contribution >= 4 is 5.91 Å². The predicted molar refractivity (Wildman–Crippen MR) is 67.5 cm³/mol. The van der Waals surface area contributed by atoms with Crippen LogP contribution in [0.3, 0.4) is 0 Å². The lowest BCUT2D eigenvalue weighted by Gasteiger charge is -2.17. The lowest BCUT2D eigenvalue weighted by Crippen LogP contribution is -2.35. The van der Waals surface area contributed by atoms with Crippen LogP contribution in [0.4, 0.5) is 0 Å². The minimum atomic E-state index is -0.475. The summed E-state index contributed by atoms with van der Waals surface area (Å²) in [6, 6.07) is 1.54. The normalized spacial score (nSPS) is 17.6. The zero-order valence-corrected chi connectivity index (χ0v) is 11.1. The standard InChI is InChI=1S/C13H20N2O4/c1-18-8-10-6-11(15-19-10)13(17)14-7-12(16)9-4-2-3-5-9/h6,9,12,16H,2-5,7-8H2,1H3,(H,14,17). The first-order chi connectivity index (χ1) is 9.20. The fourth-order valence-electron chi connectivity index (χ4n) is 2.43. The maximum Gasteiger partial charge on any atom is 0.273 e. The van der Waals surface area contributed by atoms with Crippen molar-refractivity contribution < 1.29 is 19.2 Å². The summed E-state index contributed by atoms with van der Waals surface area (Å²) >= 11 is 0. The molecule has 6 nitrogen and oxygen atoms in total. The fourth-order valence-corrected chi connectivity index (χ4v) is 2.43. The number of ether oxygens (including phenoxy) is 1. The van der Waals surface area contributed by atoms with Crippen LogP contribution in [0, 0.1) is 5.92 Å². The summed E-state index contributed by atoms with van der Waals surface area (Å²) in [7, 11) is 1.54. The topological polar surface area (TPSA) is 84.6 Å². The molecule has 1 aliphatic rings. The Hall–Kier alpha value is -1.40. The summed E-state index contributed by atoms with van der Waals surface area (Å²) < 4.78 is 9.82. The van der Waals surface area contributed by atoms with E-state index in [0.29, 0.717) is 11.7 Å². The molecule has 0 aliphatic heterocycles. The van der Waals surface area contributed by atoms with Crippen molar-refractivity contribution in [3.63, 3.8) is 0 Å². The highest BCUT2D eigenvalue weighted by atomic mass is 16.5. The molecule has 106 valence electrons. The van der Waals surface area contributed by atoms with Crippen LogP contribution in [0.15, 0.2) is 10.6 Å². The Labute approximate surface area is 112 Å². The van der Waals surface area contributed by atoms with Gasteiger partial charge in [-0.3, -0.25) is 4.79 Å². The van der Waals surface area contributed by atoms with Gasteiger partial charge in [0.05, 0.1) is 6.10 Å². The highest BCUT2D eigenvalue weighted by Gasteiger charge is 2.24. The summed E-state index contributed by atoms with van der Waals surface area (Å²) in [4.78, 5) is 11.8. The molecule has 1 aromatic rings. The second-order valence-electron chi connectivity index (χ2n) is 4.93. The van der Waals surface area contributed by atoms with E-state index < -0.39 is 6.10 Å². The van der Waals surface area contributed by atoms with Crippen molar-refractivity contribution in [3.05, 3.63) is 17.5 Å². The van der Waals surface area contributed by atoms with Crippen molar-refractivity contribution in [2.24, 2.45) is 5.92 Å². The van der Waals surface area contributed by atoms with E-state index in [9.17, 15) is 9.90 Å². The smallest absolute Gasteiger partial charge is 0.273 e. The monoisotopic (exact) mass is 268 g/mol. The largest absolute Gasteiger partial charge is 0.391 e. The highest BCUT2D eigenvalue weighted by Crippen LogP contribution is 2.27. The molecular formula is C13H20N2O4. The van der Waals surface area contributed by atoms with Gasteiger partial charge in [-0.05, 0) is 18.8 Å². The van der Waals surface area contributed by atoms with Gasteiger partial charge in [-0.15, -0.1) is 0 Å². The van der Waals surface area contributed by atoms with Crippen molar-refractivity contribution in [3.8, 4) is 0 Å². The zero-order valence-electron chi connectivity index (χ0n) is 11.1. The second-order valence-corrected chi connectivity index (χ2v) is 4.93. The van der Waals surface area contributed by atoms with Gasteiger partial charge in [0.15, 0.2) is 11.5 Å². The molecule has 1 saturated carbocycles. The first kappa shape index (κ1) is 14.0. The van der Waals surface area contributed by atoms with Crippen molar-refractivity contribution in [1.82, 2.24) is 10.5 Å². The van der Waals surface area contributed by atoms with Gasteiger partial charge in [-0.1, -0.05) is 18.0 Å². The Morgan fingerprint density at radius 1 is 1.63 bits per heavy atom. The molecule has 0 bridgehead atoms. The molecule has 2 N–H and O–H groups in total. The Morgan fingerprint density at radius 3 is 3.05 bits per heavy atom. The molecule has 1 atom stereocenters. The second kappa shape index (κ2) is 6.68. The maximum atomic E-state index is 11.8. The minimum absolute atomic E-state index is 0.214. The Bertz CT molecular complexity index is 413. The third-order valence-electron chi connectivity index (χ3n) is 3.49. The number of hydrogen-bond donors (Lipinski definition) is 2. The quantitative estimate of drug-likeness (QED) is 0.807. The van der Waals surface area contributed by atoms with Gasteiger partial charge in [-0.2, -0.15) is 0 Å². The average molecular weight is 268 g/mol. The number of nitrogens with one attached hydrogen (secondary N) is 1. The van der Waals surface area contributed by atoms with Crippen molar-refractivity contribution in [2.75, 3.05) is 13.7 Å². The third-order valence-corrected chi connectivity index (χ3v) is 3.49. The first-order valence-electron chi connectivity index (χ1n) is 6.61. The molecule has 0 saturated heterocycles. The molecule has 6 heteroatoms. The summed E-state index contributed by atoms with van der Waals surface area (Å²) in [6.07, 6.45) is 3.94. The minimum Gasteiger partial charge on any atom is -0.391 e. The molecule has 0 radical (unpaired) electrons. The van der Waals surface area contributed by atoms with E-state index in [1.807, 2.05) is 0 Å². The lowest BCUT2D eigenvalue weighted by molar-refractivity contribution is 0.0833. The Balaban J connectivity index is 1.79. The van der Waals surface area contributed by atoms with Gasteiger partial charge >= 0.3 is 0 Å². The van der Waals surface area contributed by atoms with E-state index in [4.69, 9.17) is 9.26 Å². The van der Waals surface area contributed by atoms with E-state index in [1.54, 1.807) is 13.2 Å². The SMILES string of the molecule is COCc1cc(C(=O)NCC(O)C2CCCC2)no1. The number of carbonyl (C=O) groups is 1. The van der Waals surface area contributed by atoms with Crippen LogP contribution in [-0.4, -0.2) is 35.9 Å². The van der Waals surface area contributed by atoms with Gasteiger partial charge < -0.3 is 19.7 Å². The van der Waals surface area contributed by atoms with E-state index >= 15 is 0 Å². The number of methoxy groups -OCH3 is 1. The van der Waals surface area contributed by atoms with E-state index in [1.165, 1.54) is 12.8 Å². The number of aliphatic hydroxyl groups excluding tert-OH is 1. The van der Waals surface area contributed by atoms with Crippen LogP contribution in [0.5, 0.6) is 0 Å². The molecule has 0 spiro atoms. The molecule has 1 fully saturated rings. The van der Waals surface area contributed by atoms with Crippen LogP contribution in [-0.2, 0) is 11.3 Å². The number of carbonyl (C=O) groups excluding carboxylic acids is 1. The van der Waals surface area contributed by atoms with Gasteiger partial charge in [0.25, 0.3) is 5.91 Å². The third kappa shape index (κ3) is 3.78. The molecule has 2 rings (SSSR count). The molecule has 0 aromatic carbocycles. The molecule has 1 unspecified atom stereocenters. The number of hydrogen-bond acceptors (Lipinski definition) is 5. The number of rotatable bonds is 6. The highest BCUT2D eigenvalue weighted by molar-refractivity contribution is 5.92. The average Bonchev–Trinajstić information content (AvgIpc) is 3.06. The summed E-state index contributed by atoms with van der Waals surface area (Å²) in [5, 5.41) is 16.3. The lowest BCUT2D eigenvalue weighted by atomic mass is 10.0. The van der Waals surface area contributed by atoms with Crippen LogP contribution in [0.1, 0.15) is 41.9 Å². The van der Waals surface area contributed by atoms with Crippen LogP contribution < -0.4 is 5.32 Å². The van der Waals surface area contributed by atoms with Gasteiger partial charge in [0.1, 0.15) is 6.61 Å². The molecular weight excluding hydrogens is 248 g/mol. The summed E-state index contributed by atoms with van der Waals surface area (Å²) in [6.45, 7) is 0.543. The Morgan fingerprint density at radius 2 is 2.37 bits per heavy atom. The van der Waals surface area contributed by atoms with E-state index in [2.05, 4.69) is 10.5 Å². The molecule has 19 heavy (non-hydrogen) atoms. The van der Waals surface area contributed by atoms with Crippen LogP contribution in [0.2, 0.25) is 0 Å². The zero-order chi connectivity index (χ0) is 13.7. The van der Waals surface area contributed by atoms with E-state index in [0.717, 1.165) is 12.8 Å². The molecule has 1 aromatic heterocycles. The number of nitrogens with zero attached hydrogens (tertiary/aromatic N) is 1. The van der Waals surface area contributed by atoms with Gasteiger partial charge in [-0.25, -0.2) is 0 Å². The molecule has 1 heterocycles. The number of aliphatic hydroxyl groups is 1. The number of aromatic nitrogens is 1. The van der Waals surface area contributed by atoms with Crippen LogP contribution in [0.25, 0.3) is 0 Å². The molecule has 1 aliphatic carbocycles. The fraction of sp³-hybridized carbons (Fsp3) is 0.692. The predicted octanol–water partition coefficient (Wildman–Crippen LogP) is 1.10. The van der Waals surface area contributed by atoms with Gasteiger partial charge in [0.2, 0.25) is 0 Å². The van der Waals surface area contributed by atoms with Gasteiger partial charge in [0, 0.05) is 19.7 Å². The number of amides is 1. The summed E-state index contributed by atoms with van der Waals surface area (Å²) in [5.74, 6) is 0.480. The Kier molecular flexibility index (Phi) is 4.93. The van der Waals surface area contributed by atoms with Crippen molar-refractivity contribution in [1.29, 1.82) is 0 Å². The van der Waals surface area contributed by atoms with E-state index in [-0.39, 0.29) is 24.8 Å². The first-order valence-corrected chi connectivity index (χ1v) is 6.61. The van der Waals surface area contributed by atoms with Crippen LogP contribution >= 0.6 is 0 Å². The maximum absolute atomic E-state index is 11.8. The molecule has 1 amide bonds. The van der Waals surface area contributed by atoms with Crippen molar-refractivity contribution in [2.45, 2.75) is 38.4 Å².